The highest BCUT2D eigenvalue weighted by atomic mass is 32.1. The molecule has 1 unspecified atom stereocenters. The van der Waals surface area contributed by atoms with Crippen molar-refractivity contribution in [3.63, 3.8) is 0 Å². The number of nitrogens with zero attached hydrogens (tertiary/aromatic N) is 1. The van der Waals surface area contributed by atoms with Crippen molar-refractivity contribution in [2.45, 2.75) is 25.4 Å². The summed E-state index contributed by atoms with van der Waals surface area (Å²) in [6.07, 6.45) is 2.38. The molecule has 98 valence electrons. The van der Waals surface area contributed by atoms with Gasteiger partial charge in [-0.15, -0.1) is 0 Å². The Morgan fingerprint density at radius 2 is 1.53 bits per heavy atom. The Bertz CT molecular complexity index is 593. The fourth-order valence-electron chi connectivity index (χ4n) is 3.47. The molecule has 0 saturated carbocycles. The largest absolute Gasteiger partial charge is 0.291 e. The first kappa shape index (κ1) is 12.8. The molecule has 2 aliphatic heterocycles. The SMILES string of the molecule is S.c1ccc2c(c1)CC1c3ccccc3CCN1C2. The van der Waals surface area contributed by atoms with Gasteiger partial charge >= 0.3 is 0 Å². The Morgan fingerprint density at radius 1 is 0.842 bits per heavy atom. The van der Waals surface area contributed by atoms with Crippen molar-refractivity contribution in [1.82, 2.24) is 4.90 Å². The fourth-order valence-corrected chi connectivity index (χ4v) is 3.47. The Labute approximate surface area is 121 Å². The summed E-state index contributed by atoms with van der Waals surface area (Å²) < 4.78 is 0. The molecule has 2 heteroatoms. The van der Waals surface area contributed by atoms with Gasteiger partial charge in [0.05, 0.1) is 0 Å². The molecule has 1 atom stereocenters. The molecule has 2 aromatic carbocycles. The third-order valence-corrected chi connectivity index (χ3v) is 4.43. The minimum Gasteiger partial charge on any atom is -0.291 e. The molecule has 2 heterocycles. The van der Waals surface area contributed by atoms with Gasteiger partial charge in [0.1, 0.15) is 0 Å². The quantitative estimate of drug-likeness (QED) is 0.708. The van der Waals surface area contributed by atoms with Gasteiger partial charge in [-0.2, -0.15) is 13.5 Å². The third-order valence-electron chi connectivity index (χ3n) is 4.43. The monoisotopic (exact) mass is 269 g/mol. The summed E-state index contributed by atoms with van der Waals surface area (Å²) in [7, 11) is 0. The third kappa shape index (κ3) is 2.09. The molecule has 0 N–H and O–H groups in total. The lowest BCUT2D eigenvalue weighted by atomic mass is 9.84. The van der Waals surface area contributed by atoms with Gasteiger partial charge in [-0.25, -0.2) is 0 Å². The maximum absolute atomic E-state index is 2.64. The Hall–Kier alpha value is -1.25. The van der Waals surface area contributed by atoms with Gasteiger partial charge in [0.15, 0.2) is 0 Å². The highest BCUT2D eigenvalue weighted by Gasteiger charge is 2.31. The van der Waals surface area contributed by atoms with Crippen LogP contribution in [-0.4, -0.2) is 11.4 Å². The number of fused-ring (bicyclic) bond motifs is 4. The molecule has 0 radical (unpaired) electrons. The topological polar surface area (TPSA) is 3.24 Å². The van der Waals surface area contributed by atoms with Crippen molar-refractivity contribution in [2.24, 2.45) is 0 Å². The standard InChI is InChI=1S/C17H17N.H2S/c1-2-7-15-12-18-10-9-13-5-3-4-8-16(13)17(18)11-14(15)6-1;/h1-8,17H,9-12H2;1H2. The van der Waals surface area contributed by atoms with E-state index < -0.39 is 0 Å². The van der Waals surface area contributed by atoms with Crippen LogP contribution in [0.1, 0.15) is 28.3 Å². The van der Waals surface area contributed by atoms with Gasteiger partial charge in [-0.3, -0.25) is 4.90 Å². The van der Waals surface area contributed by atoms with Crippen molar-refractivity contribution >= 4 is 13.5 Å². The zero-order chi connectivity index (χ0) is 11.9. The van der Waals surface area contributed by atoms with E-state index in [0.29, 0.717) is 6.04 Å². The number of rotatable bonds is 0. The van der Waals surface area contributed by atoms with Crippen LogP contribution in [-0.2, 0) is 19.4 Å². The average Bonchev–Trinajstić information content (AvgIpc) is 2.45. The molecule has 0 spiro atoms. The van der Waals surface area contributed by atoms with E-state index in [1.807, 2.05) is 0 Å². The van der Waals surface area contributed by atoms with Crippen LogP contribution >= 0.6 is 13.5 Å². The summed E-state index contributed by atoms with van der Waals surface area (Å²) in [4.78, 5) is 2.64. The first-order valence-electron chi connectivity index (χ1n) is 6.80. The summed E-state index contributed by atoms with van der Waals surface area (Å²) in [6, 6.07) is 18.5. The summed E-state index contributed by atoms with van der Waals surface area (Å²) in [5.41, 5.74) is 6.17. The molecule has 0 aromatic heterocycles. The predicted octanol–water partition coefficient (Wildman–Crippen LogP) is 3.45. The average molecular weight is 269 g/mol. The first-order valence-corrected chi connectivity index (χ1v) is 6.80. The molecule has 0 aliphatic carbocycles. The Balaban J connectivity index is 0.00000110. The van der Waals surface area contributed by atoms with Gasteiger partial charge < -0.3 is 0 Å². The number of benzene rings is 2. The minimum absolute atomic E-state index is 0. The highest BCUT2D eigenvalue weighted by Crippen LogP contribution is 2.37. The highest BCUT2D eigenvalue weighted by molar-refractivity contribution is 7.59. The minimum atomic E-state index is 0. The maximum Gasteiger partial charge on any atom is 0.0394 e. The van der Waals surface area contributed by atoms with Gasteiger partial charge in [0.25, 0.3) is 0 Å². The van der Waals surface area contributed by atoms with Crippen LogP contribution in [0.2, 0.25) is 0 Å². The Morgan fingerprint density at radius 3 is 2.37 bits per heavy atom. The van der Waals surface area contributed by atoms with E-state index in [1.54, 1.807) is 11.1 Å². The van der Waals surface area contributed by atoms with E-state index in [9.17, 15) is 0 Å². The van der Waals surface area contributed by atoms with Gasteiger partial charge in [0, 0.05) is 19.1 Å². The second kappa shape index (κ2) is 5.03. The molecule has 0 bridgehead atoms. The van der Waals surface area contributed by atoms with E-state index >= 15 is 0 Å². The molecule has 19 heavy (non-hydrogen) atoms. The van der Waals surface area contributed by atoms with Crippen LogP contribution in [0.5, 0.6) is 0 Å². The Kier molecular flexibility index (Phi) is 3.38. The molecule has 0 amide bonds. The van der Waals surface area contributed by atoms with E-state index in [4.69, 9.17) is 0 Å². The smallest absolute Gasteiger partial charge is 0.0394 e. The lowest BCUT2D eigenvalue weighted by Crippen LogP contribution is -2.39. The molecule has 0 saturated heterocycles. The molecule has 2 aromatic rings. The zero-order valence-electron chi connectivity index (χ0n) is 11.0. The van der Waals surface area contributed by atoms with E-state index in [2.05, 4.69) is 53.4 Å². The van der Waals surface area contributed by atoms with Crippen molar-refractivity contribution in [3.05, 3.63) is 70.8 Å². The van der Waals surface area contributed by atoms with Gasteiger partial charge in [-0.1, -0.05) is 48.5 Å². The van der Waals surface area contributed by atoms with Crippen LogP contribution in [0.4, 0.5) is 0 Å². The lowest BCUT2D eigenvalue weighted by Gasteiger charge is -2.41. The second-order valence-electron chi connectivity index (χ2n) is 5.41. The van der Waals surface area contributed by atoms with E-state index in [0.717, 1.165) is 6.54 Å². The molecular weight excluding hydrogens is 250 g/mol. The molecule has 0 fully saturated rings. The van der Waals surface area contributed by atoms with E-state index in [-0.39, 0.29) is 13.5 Å². The summed E-state index contributed by atoms with van der Waals surface area (Å²) >= 11 is 0. The first-order chi connectivity index (χ1) is 8.92. The summed E-state index contributed by atoms with van der Waals surface area (Å²) in [6.45, 7) is 2.32. The van der Waals surface area contributed by atoms with E-state index in [1.165, 1.54) is 30.5 Å². The number of hydrogen-bond acceptors (Lipinski definition) is 1. The summed E-state index contributed by atoms with van der Waals surface area (Å²) in [5, 5.41) is 0. The van der Waals surface area contributed by atoms with Crippen LogP contribution in [0, 0.1) is 0 Å². The van der Waals surface area contributed by atoms with Crippen molar-refractivity contribution < 1.29 is 0 Å². The maximum atomic E-state index is 2.64. The van der Waals surface area contributed by atoms with Crippen molar-refractivity contribution in [1.29, 1.82) is 0 Å². The number of hydrogen-bond donors (Lipinski definition) is 0. The van der Waals surface area contributed by atoms with Crippen LogP contribution in [0.25, 0.3) is 0 Å². The molecular formula is C17H19NS. The normalized spacial score (nSPS) is 20.7. The van der Waals surface area contributed by atoms with Crippen molar-refractivity contribution in [2.75, 3.05) is 6.54 Å². The van der Waals surface area contributed by atoms with Crippen molar-refractivity contribution in [3.8, 4) is 0 Å². The molecule has 4 rings (SSSR count). The zero-order valence-corrected chi connectivity index (χ0v) is 12.0. The van der Waals surface area contributed by atoms with Crippen LogP contribution in [0.15, 0.2) is 48.5 Å². The van der Waals surface area contributed by atoms with Crippen LogP contribution < -0.4 is 0 Å². The van der Waals surface area contributed by atoms with Crippen LogP contribution in [0.3, 0.4) is 0 Å². The van der Waals surface area contributed by atoms with Gasteiger partial charge in [0.2, 0.25) is 0 Å². The molecule has 1 nitrogen and oxygen atoms in total. The van der Waals surface area contributed by atoms with Gasteiger partial charge in [-0.05, 0) is 35.1 Å². The second-order valence-corrected chi connectivity index (χ2v) is 5.41. The molecule has 2 aliphatic rings. The predicted molar refractivity (Wildman–Crippen MR) is 83.8 cm³/mol. The lowest BCUT2D eigenvalue weighted by molar-refractivity contribution is 0.161. The summed E-state index contributed by atoms with van der Waals surface area (Å²) in [5.74, 6) is 0. The fraction of sp³-hybridized carbons (Fsp3) is 0.294.